The summed E-state index contributed by atoms with van der Waals surface area (Å²) in [5.74, 6) is -0.125. The smallest absolute Gasteiger partial charge is 0.228 e. The fourth-order valence-corrected chi connectivity index (χ4v) is 2.88. The Morgan fingerprint density at radius 1 is 1.12 bits per heavy atom. The van der Waals surface area contributed by atoms with Crippen LogP contribution in [0.1, 0.15) is 28.6 Å². The average Bonchev–Trinajstić information content (AvgIpc) is 2.87. The van der Waals surface area contributed by atoms with E-state index in [0.29, 0.717) is 16.8 Å². The van der Waals surface area contributed by atoms with Crippen molar-refractivity contribution < 1.29 is 14.0 Å². The molecule has 0 aliphatic carbocycles. The van der Waals surface area contributed by atoms with Gasteiger partial charge in [0, 0.05) is 28.0 Å². The molecule has 3 aromatic rings. The second kappa shape index (κ2) is 6.61. The maximum absolute atomic E-state index is 12.4. The van der Waals surface area contributed by atoms with Crippen LogP contribution in [0, 0.1) is 6.92 Å². The van der Waals surface area contributed by atoms with Gasteiger partial charge in [-0.1, -0.05) is 28.1 Å². The van der Waals surface area contributed by atoms with Crippen LogP contribution in [0.4, 0.5) is 5.69 Å². The highest BCUT2D eigenvalue weighted by Crippen LogP contribution is 2.28. The van der Waals surface area contributed by atoms with Crippen LogP contribution in [0.15, 0.2) is 51.4 Å². The van der Waals surface area contributed by atoms with Crippen LogP contribution in [0.3, 0.4) is 0 Å². The molecule has 0 unspecified atom stereocenters. The lowest BCUT2D eigenvalue weighted by Crippen LogP contribution is -2.15. The number of hydrogen-bond donors (Lipinski definition) is 1. The fraction of sp³-hybridized carbons (Fsp3) is 0.158. The molecule has 0 aliphatic rings. The minimum atomic E-state index is -0.192. The molecular weight excluding hydrogens is 370 g/mol. The zero-order chi connectivity index (χ0) is 17.3. The van der Waals surface area contributed by atoms with Crippen LogP contribution in [0.25, 0.3) is 11.0 Å². The van der Waals surface area contributed by atoms with Gasteiger partial charge in [0.25, 0.3) is 0 Å². The lowest BCUT2D eigenvalue weighted by Gasteiger charge is -2.05. The monoisotopic (exact) mass is 385 g/mol. The van der Waals surface area contributed by atoms with Crippen molar-refractivity contribution in [3.8, 4) is 0 Å². The second-order valence-corrected chi connectivity index (χ2v) is 6.61. The van der Waals surface area contributed by atoms with Gasteiger partial charge in [0.05, 0.1) is 6.42 Å². The molecule has 2 aromatic carbocycles. The molecule has 5 heteroatoms. The quantitative estimate of drug-likeness (QED) is 0.650. The number of hydrogen-bond acceptors (Lipinski definition) is 3. The predicted octanol–water partition coefficient (Wildman–Crippen LogP) is 4.89. The number of aryl methyl sites for hydroxylation is 1. The summed E-state index contributed by atoms with van der Waals surface area (Å²) in [7, 11) is 0. The summed E-state index contributed by atoms with van der Waals surface area (Å²) in [4.78, 5) is 24.2. The van der Waals surface area contributed by atoms with Gasteiger partial charge in [0.15, 0.2) is 11.5 Å². The van der Waals surface area contributed by atoms with Crippen LogP contribution >= 0.6 is 15.9 Å². The SMILES string of the molecule is CC(=O)c1oc2cc(C)ccc2c1CC(=O)Nc1ccc(Br)cc1. The topological polar surface area (TPSA) is 59.3 Å². The third-order valence-corrected chi connectivity index (χ3v) is 4.26. The molecule has 1 aromatic heterocycles. The van der Waals surface area contributed by atoms with Crippen LogP contribution in [0.5, 0.6) is 0 Å². The first-order chi connectivity index (χ1) is 11.4. The molecule has 3 rings (SSSR count). The number of furan rings is 1. The molecule has 0 aliphatic heterocycles. The maximum atomic E-state index is 12.4. The lowest BCUT2D eigenvalue weighted by molar-refractivity contribution is -0.115. The number of carbonyl (C=O) groups is 2. The Hall–Kier alpha value is -2.40. The van der Waals surface area contributed by atoms with E-state index < -0.39 is 0 Å². The summed E-state index contributed by atoms with van der Waals surface area (Å²) in [6.07, 6.45) is 0.0844. The zero-order valence-corrected chi connectivity index (χ0v) is 14.9. The number of anilines is 1. The summed E-state index contributed by atoms with van der Waals surface area (Å²) >= 11 is 3.36. The molecule has 4 nitrogen and oxygen atoms in total. The van der Waals surface area contributed by atoms with E-state index >= 15 is 0 Å². The van der Waals surface area contributed by atoms with Gasteiger partial charge in [-0.15, -0.1) is 0 Å². The Morgan fingerprint density at radius 3 is 2.50 bits per heavy atom. The van der Waals surface area contributed by atoms with Gasteiger partial charge in [-0.3, -0.25) is 9.59 Å². The first-order valence-electron chi connectivity index (χ1n) is 7.52. The summed E-state index contributed by atoms with van der Waals surface area (Å²) in [5, 5.41) is 3.64. The first-order valence-corrected chi connectivity index (χ1v) is 8.31. The number of rotatable bonds is 4. The van der Waals surface area contributed by atoms with Gasteiger partial charge in [-0.2, -0.15) is 0 Å². The maximum Gasteiger partial charge on any atom is 0.228 e. The molecular formula is C19H16BrNO3. The Labute approximate surface area is 148 Å². The van der Waals surface area contributed by atoms with Gasteiger partial charge >= 0.3 is 0 Å². The van der Waals surface area contributed by atoms with E-state index in [1.54, 1.807) is 0 Å². The number of halogens is 1. The van der Waals surface area contributed by atoms with Gasteiger partial charge < -0.3 is 9.73 Å². The van der Waals surface area contributed by atoms with Gasteiger partial charge in [0.1, 0.15) is 5.58 Å². The molecule has 122 valence electrons. The normalized spacial score (nSPS) is 10.8. The number of fused-ring (bicyclic) bond motifs is 1. The van der Waals surface area contributed by atoms with Crippen molar-refractivity contribution >= 4 is 44.3 Å². The van der Waals surface area contributed by atoms with E-state index in [1.165, 1.54) is 6.92 Å². The number of Topliss-reactive ketones (excluding diaryl/α,β-unsaturated/α-hetero) is 1. The predicted molar refractivity (Wildman–Crippen MR) is 97.4 cm³/mol. The minimum absolute atomic E-state index is 0.0844. The standard InChI is InChI=1S/C19H16BrNO3/c1-11-3-8-15-16(19(12(2)22)24-17(15)9-11)10-18(23)21-14-6-4-13(20)5-7-14/h3-9H,10H2,1-2H3,(H,21,23). The third-order valence-electron chi connectivity index (χ3n) is 3.73. The van der Waals surface area contributed by atoms with Crippen molar-refractivity contribution in [3.63, 3.8) is 0 Å². The van der Waals surface area contributed by atoms with Crippen LogP contribution < -0.4 is 5.32 Å². The summed E-state index contributed by atoms with van der Waals surface area (Å²) in [6, 6.07) is 13.0. The van der Waals surface area contributed by atoms with E-state index in [9.17, 15) is 9.59 Å². The Balaban J connectivity index is 1.90. The molecule has 0 bridgehead atoms. The Kier molecular flexibility index (Phi) is 4.53. The highest BCUT2D eigenvalue weighted by Gasteiger charge is 2.20. The second-order valence-electron chi connectivity index (χ2n) is 5.70. The Bertz CT molecular complexity index is 926. The molecule has 0 fully saturated rings. The highest BCUT2D eigenvalue weighted by atomic mass is 79.9. The van der Waals surface area contributed by atoms with Crippen LogP contribution in [-0.4, -0.2) is 11.7 Å². The first kappa shape index (κ1) is 16.5. The van der Waals surface area contributed by atoms with Crippen molar-refractivity contribution in [1.82, 2.24) is 0 Å². The van der Waals surface area contributed by atoms with Crippen molar-refractivity contribution in [2.24, 2.45) is 0 Å². The summed E-state index contributed by atoms with van der Waals surface area (Å²) in [6.45, 7) is 3.40. The fourth-order valence-electron chi connectivity index (χ4n) is 2.62. The number of amides is 1. The molecule has 1 amide bonds. The number of ketones is 1. The van der Waals surface area contributed by atoms with Crippen LogP contribution in [0.2, 0.25) is 0 Å². The molecule has 0 saturated carbocycles. The number of nitrogens with one attached hydrogen (secondary N) is 1. The van der Waals surface area contributed by atoms with Crippen LogP contribution in [-0.2, 0) is 11.2 Å². The molecule has 1 N–H and O–H groups in total. The zero-order valence-electron chi connectivity index (χ0n) is 13.4. The minimum Gasteiger partial charge on any atom is -0.453 e. The molecule has 1 heterocycles. The largest absolute Gasteiger partial charge is 0.453 e. The lowest BCUT2D eigenvalue weighted by atomic mass is 10.0. The Morgan fingerprint density at radius 2 is 1.83 bits per heavy atom. The van der Waals surface area contributed by atoms with E-state index in [1.807, 2.05) is 49.4 Å². The molecule has 0 radical (unpaired) electrons. The summed E-state index contributed by atoms with van der Waals surface area (Å²) < 4.78 is 6.61. The number of benzene rings is 2. The molecule has 0 saturated heterocycles. The highest BCUT2D eigenvalue weighted by molar-refractivity contribution is 9.10. The van der Waals surface area contributed by atoms with E-state index in [0.717, 1.165) is 15.4 Å². The summed E-state index contributed by atoms with van der Waals surface area (Å²) in [5.41, 5.74) is 3.01. The van der Waals surface area contributed by atoms with Crippen molar-refractivity contribution in [3.05, 3.63) is 63.8 Å². The van der Waals surface area contributed by atoms with Crippen molar-refractivity contribution in [1.29, 1.82) is 0 Å². The molecule has 0 spiro atoms. The van der Waals surface area contributed by atoms with Gasteiger partial charge in [-0.05, 0) is 42.8 Å². The van der Waals surface area contributed by atoms with E-state index in [4.69, 9.17) is 4.42 Å². The van der Waals surface area contributed by atoms with Gasteiger partial charge in [-0.25, -0.2) is 0 Å². The number of carbonyl (C=O) groups excluding carboxylic acids is 2. The molecule has 24 heavy (non-hydrogen) atoms. The van der Waals surface area contributed by atoms with E-state index in [2.05, 4.69) is 21.2 Å². The average molecular weight is 386 g/mol. The van der Waals surface area contributed by atoms with E-state index in [-0.39, 0.29) is 23.9 Å². The molecule has 0 atom stereocenters. The van der Waals surface area contributed by atoms with Crippen molar-refractivity contribution in [2.75, 3.05) is 5.32 Å². The third kappa shape index (κ3) is 3.41. The van der Waals surface area contributed by atoms with Gasteiger partial charge in [0.2, 0.25) is 5.91 Å². The van der Waals surface area contributed by atoms with Crippen molar-refractivity contribution in [2.45, 2.75) is 20.3 Å².